The van der Waals surface area contributed by atoms with Gasteiger partial charge in [0.05, 0.1) is 14.2 Å². The topological polar surface area (TPSA) is 50.7 Å². The van der Waals surface area contributed by atoms with Gasteiger partial charge in [-0.15, -0.1) is 0 Å². The Kier molecular flexibility index (Phi) is 4.35. The van der Waals surface area contributed by atoms with Gasteiger partial charge in [0.15, 0.2) is 11.5 Å². The summed E-state index contributed by atoms with van der Waals surface area (Å²) in [5.74, 6) is 1.48. The van der Waals surface area contributed by atoms with Gasteiger partial charge < -0.3 is 19.9 Å². The average Bonchev–Trinajstić information content (AvgIpc) is 2.45. The zero-order valence-corrected chi connectivity index (χ0v) is 11.9. The molecule has 2 N–H and O–H groups in total. The molecule has 2 rings (SSSR count). The molecule has 0 aromatic heterocycles. The van der Waals surface area contributed by atoms with Gasteiger partial charge in [-0.25, -0.2) is 0 Å². The van der Waals surface area contributed by atoms with Gasteiger partial charge >= 0.3 is 0 Å². The number of rotatable bonds is 5. The summed E-state index contributed by atoms with van der Waals surface area (Å²) in [5.41, 5.74) is 3.10. The summed E-state index contributed by atoms with van der Waals surface area (Å²) in [4.78, 5) is 0. The highest BCUT2D eigenvalue weighted by Gasteiger charge is 2.03. The predicted molar refractivity (Wildman–Crippen MR) is 79.7 cm³/mol. The standard InChI is InChI=1S/C16H19NO3/c1-11-8-12(4-6-15(11)19-2)10-17-13-5-7-16(20-3)14(18)9-13/h4-9,17-18H,10H2,1-3H3. The second kappa shape index (κ2) is 6.19. The summed E-state index contributed by atoms with van der Waals surface area (Å²) in [7, 11) is 3.20. The number of hydrogen-bond donors (Lipinski definition) is 2. The van der Waals surface area contributed by atoms with Crippen LogP contribution in [0.5, 0.6) is 17.2 Å². The van der Waals surface area contributed by atoms with Gasteiger partial charge in [-0.05, 0) is 36.2 Å². The van der Waals surface area contributed by atoms with Crippen LogP contribution in [0.15, 0.2) is 36.4 Å². The third kappa shape index (κ3) is 3.15. The molecule has 0 aliphatic rings. The van der Waals surface area contributed by atoms with Crippen molar-refractivity contribution < 1.29 is 14.6 Å². The van der Waals surface area contributed by atoms with E-state index in [4.69, 9.17) is 9.47 Å². The maximum absolute atomic E-state index is 9.72. The van der Waals surface area contributed by atoms with E-state index in [-0.39, 0.29) is 5.75 Å². The lowest BCUT2D eigenvalue weighted by atomic mass is 10.1. The van der Waals surface area contributed by atoms with Gasteiger partial charge in [-0.2, -0.15) is 0 Å². The lowest BCUT2D eigenvalue weighted by Gasteiger charge is -2.11. The lowest BCUT2D eigenvalue weighted by Crippen LogP contribution is -2.00. The zero-order chi connectivity index (χ0) is 14.5. The summed E-state index contributed by atoms with van der Waals surface area (Å²) < 4.78 is 10.2. The Labute approximate surface area is 119 Å². The van der Waals surface area contributed by atoms with Crippen LogP contribution in [0.1, 0.15) is 11.1 Å². The second-order valence-corrected chi connectivity index (χ2v) is 4.54. The molecule has 0 radical (unpaired) electrons. The zero-order valence-electron chi connectivity index (χ0n) is 11.9. The van der Waals surface area contributed by atoms with Crippen molar-refractivity contribution in [1.29, 1.82) is 0 Å². The molecular weight excluding hydrogens is 254 g/mol. The van der Waals surface area contributed by atoms with Crippen molar-refractivity contribution in [2.75, 3.05) is 19.5 Å². The molecule has 106 valence electrons. The molecule has 0 amide bonds. The molecule has 4 heteroatoms. The van der Waals surface area contributed by atoms with Gasteiger partial charge in [-0.1, -0.05) is 12.1 Å². The first-order valence-electron chi connectivity index (χ1n) is 6.38. The van der Waals surface area contributed by atoms with Crippen molar-refractivity contribution in [2.24, 2.45) is 0 Å². The molecule has 0 fully saturated rings. The summed E-state index contributed by atoms with van der Waals surface area (Å²) in [6.45, 7) is 2.69. The monoisotopic (exact) mass is 273 g/mol. The minimum Gasteiger partial charge on any atom is -0.504 e. The first-order chi connectivity index (χ1) is 9.63. The van der Waals surface area contributed by atoms with E-state index in [1.165, 1.54) is 7.11 Å². The minimum atomic E-state index is 0.128. The van der Waals surface area contributed by atoms with Crippen LogP contribution in [-0.2, 0) is 6.54 Å². The summed E-state index contributed by atoms with van der Waals surface area (Å²) >= 11 is 0. The Bertz CT molecular complexity index is 543. The van der Waals surface area contributed by atoms with Crippen molar-refractivity contribution in [2.45, 2.75) is 13.5 Å². The van der Waals surface area contributed by atoms with Crippen LogP contribution in [0.4, 0.5) is 5.69 Å². The van der Waals surface area contributed by atoms with Gasteiger partial charge in [0.2, 0.25) is 0 Å². The molecule has 2 aromatic rings. The molecule has 0 bridgehead atoms. The maximum atomic E-state index is 9.72. The number of phenolic OH excluding ortho intramolecular Hbond substituents is 1. The van der Waals surface area contributed by atoms with E-state index in [1.54, 1.807) is 19.2 Å². The average molecular weight is 273 g/mol. The van der Waals surface area contributed by atoms with E-state index in [1.807, 2.05) is 25.1 Å². The first-order valence-corrected chi connectivity index (χ1v) is 6.38. The van der Waals surface area contributed by atoms with Crippen molar-refractivity contribution in [1.82, 2.24) is 0 Å². The largest absolute Gasteiger partial charge is 0.504 e. The number of hydrogen-bond acceptors (Lipinski definition) is 4. The van der Waals surface area contributed by atoms with Crippen LogP contribution in [-0.4, -0.2) is 19.3 Å². The number of aromatic hydroxyl groups is 1. The van der Waals surface area contributed by atoms with E-state index in [9.17, 15) is 5.11 Å². The number of methoxy groups -OCH3 is 2. The second-order valence-electron chi connectivity index (χ2n) is 4.54. The summed E-state index contributed by atoms with van der Waals surface area (Å²) in [6, 6.07) is 11.3. The highest BCUT2D eigenvalue weighted by atomic mass is 16.5. The molecule has 4 nitrogen and oxygen atoms in total. The molecule has 0 saturated carbocycles. The molecule has 20 heavy (non-hydrogen) atoms. The number of aryl methyl sites for hydroxylation is 1. The third-order valence-electron chi connectivity index (χ3n) is 3.13. The first kappa shape index (κ1) is 14.1. The molecule has 0 atom stereocenters. The Morgan fingerprint density at radius 3 is 2.30 bits per heavy atom. The van der Waals surface area contributed by atoms with E-state index < -0.39 is 0 Å². The third-order valence-corrected chi connectivity index (χ3v) is 3.13. The number of ether oxygens (including phenoxy) is 2. The quantitative estimate of drug-likeness (QED) is 0.877. The van der Waals surface area contributed by atoms with Gasteiger partial charge in [0, 0.05) is 18.3 Å². The molecule has 0 aliphatic heterocycles. The van der Waals surface area contributed by atoms with Crippen molar-refractivity contribution in [3.8, 4) is 17.2 Å². The molecule has 2 aromatic carbocycles. The van der Waals surface area contributed by atoms with Crippen LogP contribution >= 0.6 is 0 Å². The predicted octanol–water partition coefficient (Wildman–Crippen LogP) is 3.33. The number of benzene rings is 2. The fourth-order valence-electron chi connectivity index (χ4n) is 2.05. The Balaban J connectivity index is 2.05. The van der Waals surface area contributed by atoms with E-state index in [0.717, 1.165) is 22.6 Å². The Morgan fingerprint density at radius 1 is 1.00 bits per heavy atom. The number of phenols is 1. The molecule has 0 unspecified atom stereocenters. The molecule has 0 spiro atoms. The van der Waals surface area contributed by atoms with Crippen LogP contribution in [0.25, 0.3) is 0 Å². The van der Waals surface area contributed by atoms with Crippen LogP contribution in [0.2, 0.25) is 0 Å². The van der Waals surface area contributed by atoms with Crippen LogP contribution in [0, 0.1) is 6.92 Å². The molecule has 0 saturated heterocycles. The van der Waals surface area contributed by atoms with Crippen molar-refractivity contribution in [3.63, 3.8) is 0 Å². The fourth-order valence-corrected chi connectivity index (χ4v) is 2.05. The summed E-state index contributed by atoms with van der Waals surface area (Å²) in [5, 5.41) is 13.0. The Morgan fingerprint density at radius 2 is 1.70 bits per heavy atom. The van der Waals surface area contributed by atoms with E-state index >= 15 is 0 Å². The van der Waals surface area contributed by atoms with Crippen molar-refractivity contribution >= 4 is 5.69 Å². The normalized spacial score (nSPS) is 10.2. The highest BCUT2D eigenvalue weighted by Crippen LogP contribution is 2.28. The summed E-state index contributed by atoms with van der Waals surface area (Å²) in [6.07, 6.45) is 0. The number of nitrogens with one attached hydrogen (secondary N) is 1. The molecule has 0 heterocycles. The molecule has 0 aliphatic carbocycles. The lowest BCUT2D eigenvalue weighted by molar-refractivity contribution is 0.373. The smallest absolute Gasteiger partial charge is 0.160 e. The van der Waals surface area contributed by atoms with Crippen LogP contribution in [0.3, 0.4) is 0 Å². The Hall–Kier alpha value is -2.36. The van der Waals surface area contributed by atoms with E-state index in [2.05, 4.69) is 11.4 Å². The van der Waals surface area contributed by atoms with Gasteiger partial charge in [0.25, 0.3) is 0 Å². The fraction of sp³-hybridized carbons (Fsp3) is 0.250. The number of anilines is 1. The van der Waals surface area contributed by atoms with E-state index in [0.29, 0.717) is 12.3 Å². The minimum absolute atomic E-state index is 0.128. The SMILES string of the molecule is COc1ccc(CNc2ccc(OC)c(O)c2)cc1C. The van der Waals surface area contributed by atoms with Gasteiger partial charge in [0.1, 0.15) is 5.75 Å². The van der Waals surface area contributed by atoms with Gasteiger partial charge in [-0.3, -0.25) is 0 Å². The van der Waals surface area contributed by atoms with Crippen molar-refractivity contribution in [3.05, 3.63) is 47.5 Å². The maximum Gasteiger partial charge on any atom is 0.160 e. The van der Waals surface area contributed by atoms with Crippen LogP contribution < -0.4 is 14.8 Å². The molecular formula is C16H19NO3. The highest BCUT2D eigenvalue weighted by molar-refractivity contribution is 5.54.